The Hall–Kier alpha value is -1.49. The lowest BCUT2D eigenvalue weighted by molar-refractivity contribution is 0.0518. The molecule has 0 radical (unpaired) electrons. The molecule has 116 valence electrons. The van der Waals surface area contributed by atoms with E-state index < -0.39 is 6.09 Å². The first-order chi connectivity index (χ1) is 9.80. The van der Waals surface area contributed by atoms with Crippen molar-refractivity contribution in [2.75, 3.05) is 11.9 Å². The van der Waals surface area contributed by atoms with Crippen LogP contribution in [0.1, 0.15) is 33.6 Å². The van der Waals surface area contributed by atoms with Gasteiger partial charge < -0.3 is 15.3 Å². The Morgan fingerprint density at radius 1 is 1.52 bits per heavy atom. The fourth-order valence-corrected chi connectivity index (χ4v) is 3.28. The molecule has 0 bridgehead atoms. The number of amides is 1. The number of pyridine rings is 1. The molecule has 5 nitrogen and oxygen atoms in total. The van der Waals surface area contributed by atoms with E-state index in [0.717, 1.165) is 12.8 Å². The summed E-state index contributed by atoms with van der Waals surface area (Å²) < 4.78 is 0. The highest BCUT2D eigenvalue weighted by Gasteiger charge is 2.41. The van der Waals surface area contributed by atoms with Crippen LogP contribution < -0.4 is 5.32 Å². The van der Waals surface area contributed by atoms with Gasteiger partial charge in [0.2, 0.25) is 0 Å². The predicted octanol–water partition coefficient (Wildman–Crippen LogP) is 3.70. The summed E-state index contributed by atoms with van der Waals surface area (Å²) in [6, 6.07) is 3.43. The number of nitrogens with zero attached hydrogens (tertiary/aromatic N) is 2. The second-order valence-electron chi connectivity index (χ2n) is 6.51. The molecule has 1 aliphatic heterocycles. The highest BCUT2D eigenvalue weighted by Crippen LogP contribution is 2.34. The van der Waals surface area contributed by atoms with Gasteiger partial charge in [0, 0.05) is 18.8 Å². The van der Waals surface area contributed by atoms with Crippen LogP contribution in [0.4, 0.5) is 10.6 Å². The van der Waals surface area contributed by atoms with Crippen LogP contribution in [0.15, 0.2) is 18.3 Å². The van der Waals surface area contributed by atoms with Crippen molar-refractivity contribution in [2.45, 2.75) is 45.7 Å². The lowest BCUT2D eigenvalue weighted by Crippen LogP contribution is -2.58. The molecule has 1 fully saturated rings. The van der Waals surface area contributed by atoms with Crippen LogP contribution in [0.5, 0.6) is 0 Å². The van der Waals surface area contributed by atoms with Gasteiger partial charge >= 0.3 is 6.09 Å². The summed E-state index contributed by atoms with van der Waals surface area (Å²) in [6.07, 6.45) is 2.55. The number of aromatic nitrogens is 1. The van der Waals surface area contributed by atoms with Gasteiger partial charge in [-0.1, -0.05) is 32.4 Å². The monoisotopic (exact) mass is 311 g/mol. The van der Waals surface area contributed by atoms with Crippen molar-refractivity contribution in [2.24, 2.45) is 5.41 Å². The van der Waals surface area contributed by atoms with Gasteiger partial charge in [-0.05, 0) is 30.4 Å². The summed E-state index contributed by atoms with van der Waals surface area (Å²) in [4.78, 5) is 17.3. The minimum atomic E-state index is -0.867. The van der Waals surface area contributed by atoms with Crippen LogP contribution >= 0.6 is 11.6 Å². The zero-order valence-electron chi connectivity index (χ0n) is 12.6. The highest BCUT2D eigenvalue weighted by molar-refractivity contribution is 6.32. The zero-order valence-corrected chi connectivity index (χ0v) is 13.4. The maximum atomic E-state index is 11.5. The van der Waals surface area contributed by atoms with Crippen LogP contribution in [-0.4, -0.2) is 39.7 Å². The van der Waals surface area contributed by atoms with E-state index in [2.05, 4.69) is 31.1 Å². The number of hydrogen-bond acceptors (Lipinski definition) is 3. The van der Waals surface area contributed by atoms with E-state index >= 15 is 0 Å². The first-order valence-electron chi connectivity index (χ1n) is 7.17. The Morgan fingerprint density at radius 3 is 2.81 bits per heavy atom. The summed E-state index contributed by atoms with van der Waals surface area (Å²) in [5, 5.41) is 13.4. The standard InChI is InChI=1S/C15H22ClN3O2/c1-15(2,3)12-11(7-5-9-19(12)14(20)21)18-13-10(16)6-4-8-17-13/h4,6,8,11-12H,5,7,9H2,1-3H3,(H,17,18)(H,20,21)/t11-,12?/m1/s1. The Kier molecular flexibility index (Phi) is 4.61. The Bertz CT molecular complexity index is 516. The lowest BCUT2D eigenvalue weighted by Gasteiger charge is -2.47. The lowest BCUT2D eigenvalue weighted by atomic mass is 9.77. The van der Waals surface area contributed by atoms with E-state index in [1.165, 1.54) is 4.90 Å². The van der Waals surface area contributed by atoms with Crippen LogP contribution in [0.25, 0.3) is 0 Å². The number of carbonyl (C=O) groups is 1. The molecule has 2 atom stereocenters. The summed E-state index contributed by atoms with van der Waals surface area (Å²) in [5.41, 5.74) is -0.169. The third-order valence-corrected chi connectivity index (χ3v) is 4.15. The third kappa shape index (κ3) is 3.59. The van der Waals surface area contributed by atoms with E-state index in [1.54, 1.807) is 18.3 Å². The number of nitrogens with one attached hydrogen (secondary N) is 1. The van der Waals surface area contributed by atoms with Crippen LogP contribution in [-0.2, 0) is 0 Å². The topological polar surface area (TPSA) is 65.5 Å². The molecule has 1 aliphatic rings. The summed E-state index contributed by atoms with van der Waals surface area (Å²) in [7, 11) is 0. The molecule has 1 unspecified atom stereocenters. The summed E-state index contributed by atoms with van der Waals surface area (Å²) in [6.45, 7) is 6.76. The number of rotatable bonds is 2. The Morgan fingerprint density at radius 2 is 2.24 bits per heavy atom. The van der Waals surface area contributed by atoms with Crippen molar-refractivity contribution in [3.63, 3.8) is 0 Å². The van der Waals surface area contributed by atoms with Crippen LogP contribution in [0, 0.1) is 5.41 Å². The van der Waals surface area contributed by atoms with Crippen LogP contribution in [0.3, 0.4) is 0 Å². The van der Waals surface area contributed by atoms with Crippen molar-refractivity contribution in [3.05, 3.63) is 23.4 Å². The average molecular weight is 312 g/mol. The molecular formula is C15H22ClN3O2. The summed E-state index contributed by atoms with van der Waals surface area (Å²) in [5.74, 6) is 0.616. The minimum Gasteiger partial charge on any atom is -0.465 e. The molecule has 2 N–H and O–H groups in total. The van der Waals surface area contributed by atoms with Gasteiger partial charge in [0.05, 0.1) is 11.1 Å². The van der Waals surface area contributed by atoms with E-state index in [1.807, 2.05) is 0 Å². The first kappa shape index (κ1) is 15.9. The molecule has 0 aromatic carbocycles. The van der Waals surface area contributed by atoms with Crippen molar-refractivity contribution in [1.29, 1.82) is 0 Å². The van der Waals surface area contributed by atoms with Gasteiger partial charge in [-0.2, -0.15) is 0 Å². The number of hydrogen-bond donors (Lipinski definition) is 2. The molecular weight excluding hydrogens is 290 g/mol. The zero-order chi connectivity index (χ0) is 15.6. The van der Waals surface area contributed by atoms with Gasteiger partial charge in [-0.15, -0.1) is 0 Å². The molecule has 1 aromatic rings. The Balaban J connectivity index is 2.27. The molecule has 21 heavy (non-hydrogen) atoms. The SMILES string of the molecule is CC(C)(C)C1[C@H](Nc2ncccc2Cl)CCCN1C(=O)O. The highest BCUT2D eigenvalue weighted by atomic mass is 35.5. The third-order valence-electron chi connectivity index (χ3n) is 3.84. The van der Waals surface area contributed by atoms with Crippen molar-refractivity contribution in [1.82, 2.24) is 9.88 Å². The van der Waals surface area contributed by atoms with Crippen molar-refractivity contribution >= 4 is 23.5 Å². The second kappa shape index (κ2) is 6.10. The number of halogens is 1. The number of anilines is 1. The van der Waals surface area contributed by atoms with Gasteiger partial charge in [-0.25, -0.2) is 9.78 Å². The number of piperidine rings is 1. The summed E-state index contributed by atoms with van der Waals surface area (Å²) >= 11 is 6.15. The second-order valence-corrected chi connectivity index (χ2v) is 6.92. The van der Waals surface area contributed by atoms with E-state index in [4.69, 9.17) is 11.6 Å². The minimum absolute atomic E-state index is 0.00208. The maximum absolute atomic E-state index is 11.5. The van der Waals surface area contributed by atoms with Gasteiger partial charge in [-0.3, -0.25) is 0 Å². The van der Waals surface area contributed by atoms with E-state index in [-0.39, 0.29) is 17.5 Å². The van der Waals surface area contributed by atoms with Crippen molar-refractivity contribution in [3.8, 4) is 0 Å². The molecule has 1 amide bonds. The van der Waals surface area contributed by atoms with E-state index in [9.17, 15) is 9.90 Å². The fourth-order valence-electron chi connectivity index (χ4n) is 3.10. The molecule has 0 spiro atoms. The predicted molar refractivity (Wildman–Crippen MR) is 83.9 cm³/mol. The first-order valence-corrected chi connectivity index (χ1v) is 7.55. The quantitative estimate of drug-likeness (QED) is 0.874. The number of likely N-dealkylation sites (tertiary alicyclic amines) is 1. The molecule has 2 rings (SSSR count). The molecule has 0 saturated carbocycles. The van der Waals surface area contributed by atoms with Crippen LogP contribution in [0.2, 0.25) is 5.02 Å². The smallest absolute Gasteiger partial charge is 0.407 e. The molecule has 1 saturated heterocycles. The molecule has 1 aromatic heterocycles. The number of carboxylic acid groups (broad SMARTS) is 1. The Labute approximate surface area is 130 Å². The normalized spacial score (nSPS) is 23.0. The largest absolute Gasteiger partial charge is 0.465 e. The van der Waals surface area contributed by atoms with Gasteiger partial charge in [0.15, 0.2) is 0 Å². The van der Waals surface area contributed by atoms with E-state index in [0.29, 0.717) is 17.4 Å². The average Bonchev–Trinajstić information content (AvgIpc) is 2.40. The van der Waals surface area contributed by atoms with Gasteiger partial charge in [0.1, 0.15) is 5.82 Å². The van der Waals surface area contributed by atoms with Gasteiger partial charge in [0.25, 0.3) is 0 Å². The molecule has 6 heteroatoms. The molecule has 0 aliphatic carbocycles. The fraction of sp³-hybridized carbons (Fsp3) is 0.600. The molecule has 2 heterocycles. The van der Waals surface area contributed by atoms with Crippen molar-refractivity contribution < 1.29 is 9.90 Å². The maximum Gasteiger partial charge on any atom is 0.407 e.